The largest absolute Gasteiger partial charge is 0.357 e. The fourth-order valence-electron chi connectivity index (χ4n) is 1.60. The number of hydrogen-bond donors (Lipinski definition) is 1. The highest BCUT2D eigenvalue weighted by molar-refractivity contribution is 5.82. The summed E-state index contributed by atoms with van der Waals surface area (Å²) < 4.78 is 0. The van der Waals surface area contributed by atoms with Crippen LogP contribution in [0.3, 0.4) is 0 Å². The van der Waals surface area contributed by atoms with Crippen LogP contribution < -0.4 is 0 Å². The molecule has 0 radical (unpaired) electrons. The summed E-state index contributed by atoms with van der Waals surface area (Å²) in [6.45, 7) is 8.72. The summed E-state index contributed by atoms with van der Waals surface area (Å²) in [6, 6.07) is 2.23. The Hall–Kier alpha value is -1.31. The molecule has 0 spiro atoms. The van der Waals surface area contributed by atoms with Crippen molar-refractivity contribution in [3.05, 3.63) is 29.7 Å². The molecule has 0 bridgehead atoms. The number of pyridine rings is 1. The zero-order valence-corrected chi connectivity index (χ0v) is 9.18. The van der Waals surface area contributed by atoms with Gasteiger partial charge >= 0.3 is 0 Å². The Morgan fingerprint density at radius 3 is 2.50 bits per heavy atom. The number of hydrogen-bond acceptors (Lipinski definition) is 1. The Balaban J connectivity index is 2.69. The Morgan fingerprint density at radius 1 is 1.21 bits per heavy atom. The third-order valence-corrected chi connectivity index (χ3v) is 2.55. The number of rotatable bonds is 0. The molecule has 0 amide bonds. The van der Waals surface area contributed by atoms with Crippen molar-refractivity contribution in [2.75, 3.05) is 0 Å². The van der Waals surface area contributed by atoms with Crippen molar-refractivity contribution in [2.45, 2.75) is 33.1 Å². The molecular formula is C12H16N2. The fraction of sp³-hybridized carbons (Fsp3) is 0.417. The van der Waals surface area contributed by atoms with Crippen LogP contribution in [0.1, 0.15) is 32.0 Å². The molecular weight excluding hydrogens is 172 g/mol. The first-order valence-electron chi connectivity index (χ1n) is 4.92. The smallest absolute Gasteiger partial charge is 0.0645 e. The molecule has 0 aliphatic heterocycles. The quantitative estimate of drug-likeness (QED) is 0.676. The first kappa shape index (κ1) is 9.25. The number of H-pyrrole nitrogens is 1. The Morgan fingerprint density at radius 2 is 1.93 bits per heavy atom. The monoisotopic (exact) mass is 188 g/mol. The molecule has 2 aromatic rings. The molecule has 0 saturated heterocycles. The van der Waals surface area contributed by atoms with Crippen LogP contribution in [0.25, 0.3) is 10.9 Å². The SMILES string of the molecule is Cc1cncc2[nH]c(C(C)(C)C)cc12. The van der Waals surface area contributed by atoms with Gasteiger partial charge in [-0.1, -0.05) is 20.8 Å². The highest BCUT2D eigenvalue weighted by atomic mass is 14.8. The topological polar surface area (TPSA) is 28.7 Å². The van der Waals surface area contributed by atoms with E-state index in [2.05, 4.69) is 43.7 Å². The first-order valence-corrected chi connectivity index (χ1v) is 4.92. The third-order valence-electron chi connectivity index (χ3n) is 2.55. The van der Waals surface area contributed by atoms with Crippen LogP contribution in [-0.4, -0.2) is 9.97 Å². The summed E-state index contributed by atoms with van der Waals surface area (Å²) in [5.41, 5.74) is 3.80. The van der Waals surface area contributed by atoms with Gasteiger partial charge in [0, 0.05) is 22.7 Å². The predicted octanol–water partition coefficient (Wildman–Crippen LogP) is 3.17. The van der Waals surface area contributed by atoms with Gasteiger partial charge in [0.15, 0.2) is 0 Å². The molecule has 2 aromatic heterocycles. The van der Waals surface area contributed by atoms with Crippen molar-refractivity contribution in [2.24, 2.45) is 0 Å². The molecule has 2 rings (SSSR count). The van der Waals surface area contributed by atoms with E-state index >= 15 is 0 Å². The Kier molecular flexibility index (Phi) is 1.88. The van der Waals surface area contributed by atoms with E-state index in [4.69, 9.17) is 0 Å². The molecule has 2 heterocycles. The van der Waals surface area contributed by atoms with Crippen LogP contribution >= 0.6 is 0 Å². The third kappa shape index (κ3) is 1.41. The number of aryl methyl sites for hydroxylation is 1. The van der Waals surface area contributed by atoms with Crippen LogP contribution in [0.2, 0.25) is 0 Å². The number of nitrogens with one attached hydrogen (secondary N) is 1. The summed E-state index contributed by atoms with van der Waals surface area (Å²) in [7, 11) is 0. The van der Waals surface area contributed by atoms with Crippen LogP contribution in [0.5, 0.6) is 0 Å². The summed E-state index contributed by atoms with van der Waals surface area (Å²) in [5, 5.41) is 1.28. The average molecular weight is 188 g/mol. The Labute approximate surface area is 84.4 Å². The zero-order valence-electron chi connectivity index (χ0n) is 9.18. The van der Waals surface area contributed by atoms with Crippen LogP contribution in [0, 0.1) is 6.92 Å². The zero-order chi connectivity index (χ0) is 10.3. The standard InChI is InChI=1S/C12H16N2/c1-8-6-13-7-10-9(8)5-11(14-10)12(2,3)4/h5-7,14H,1-4H3. The molecule has 0 aromatic carbocycles. The lowest BCUT2D eigenvalue weighted by Crippen LogP contribution is -2.10. The van der Waals surface area contributed by atoms with Crippen LogP contribution in [0.15, 0.2) is 18.5 Å². The minimum Gasteiger partial charge on any atom is -0.357 e. The number of aromatic amines is 1. The average Bonchev–Trinajstić information content (AvgIpc) is 2.48. The van der Waals surface area contributed by atoms with Gasteiger partial charge in [-0.05, 0) is 18.6 Å². The van der Waals surface area contributed by atoms with E-state index < -0.39 is 0 Å². The van der Waals surface area contributed by atoms with E-state index in [0.29, 0.717) is 0 Å². The van der Waals surface area contributed by atoms with Gasteiger partial charge in [0.1, 0.15) is 0 Å². The first-order chi connectivity index (χ1) is 6.48. The predicted molar refractivity (Wildman–Crippen MR) is 59.5 cm³/mol. The van der Waals surface area contributed by atoms with Crippen molar-refractivity contribution in [1.29, 1.82) is 0 Å². The lowest BCUT2D eigenvalue weighted by atomic mass is 9.92. The van der Waals surface area contributed by atoms with Crippen molar-refractivity contribution in [1.82, 2.24) is 9.97 Å². The van der Waals surface area contributed by atoms with E-state index in [9.17, 15) is 0 Å². The van der Waals surface area contributed by atoms with Gasteiger partial charge in [-0.15, -0.1) is 0 Å². The van der Waals surface area contributed by atoms with Gasteiger partial charge in [-0.3, -0.25) is 4.98 Å². The maximum Gasteiger partial charge on any atom is 0.0645 e. The molecule has 14 heavy (non-hydrogen) atoms. The summed E-state index contributed by atoms with van der Waals surface area (Å²) in [6.07, 6.45) is 3.79. The van der Waals surface area contributed by atoms with Gasteiger partial charge in [0.05, 0.1) is 11.7 Å². The van der Waals surface area contributed by atoms with Crippen molar-refractivity contribution >= 4 is 10.9 Å². The summed E-state index contributed by atoms with van der Waals surface area (Å²) in [5.74, 6) is 0. The van der Waals surface area contributed by atoms with Crippen LogP contribution in [0.4, 0.5) is 0 Å². The molecule has 74 valence electrons. The molecule has 0 unspecified atom stereocenters. The van der Waals surface area contributed by atoms with Crippen molar-refractivity contribution in [3.8, 4) is 0 Å². The Bertz CT molecular complexity index is 461. The van der Waals surface area contributed by atoms with E-state index in [1.54, 1.807) is 0 Å². The maximum absolute atomic E-state index is 4.18. The van der Waals surface area contributed by atoms with Crippen LogP contribution in [-0.2, 0) is 5.41 Å². The molecule has 0 fully saturated rings. The second-order valence-corrected chi connectivity index (χ2v) is 4.85. The second-order valence-electron chi connectivity index (χ2n) is 4.85. The molecule has 0 aliphatic rings. The normalized spacial score (nSPS) is 12.3. The lowest BCUT2D eigenvalue weighted by Gasteiger charge is -2.15. The van der Waals surface area contributed by atoms with Gasteiger partial charge in [0.2, 0.25) is 0 Å². The van der Waals surface area contributed by atoms with Gasteiger partial charge in [0.25, 0.3) is 0 Å². The number of aromatic nitrogens is 2. The molecule has 0 atom stereocenters. The lowest BCUT2D eigenvalue weighted by molar-refractivity contribution is 0.574. The highest BCUT2D eigenvalue weighted by Gasteiger charge is 2.16. The highest BCUT2D eigenvalue weighted by Crippen LogP contribution is 2.26. The van der Waals surface area contributed by atoms with Crippen molar-refractivity contribution < 1.29 is 0 Å². The summed E-state index contributed by atoms with van der Waals surface area (Å²) >= 11 is 0. The minimum absolute atomic E-state index is 0.172. The van der Waals surface area contributed by atoms with E-state index in [1.165, 1.54) is 16.6 Å². The number of nitrogens with zero attached hydrogens (tertiary/aromatic N) is 1. The second kappa shape index (κ2) is 2.84. The van der Waals surface area contributed by atoms with E-state index in [-0.39, 0.29) is 5.41 Å². The molecule has 0 aliphatic carbocycles. The van der Waals surface area contributed by atoms with E-state index in [0.717, 1.165) is 5.52 Å². The minimum atomic E-state index is 0.172. The van der Waals surface area contributed by atoms with Crippen molar-refractivity contribution in [3.63, 3.8) is 0 Å². The van der Waals surface area contributed by atoms with E-state index in [1.807, 2.05) is 12.4 Å². The molecule has 1 N–H and O–H groups in total. The fourth-order valence-corrected chi connectivity index (χ4v) is 1.60. The molecule has 0 saturated carbocycles. The summed E-state index contributed by atoms with van der Waals surface area (Å²) in [4.78, 5) is 7.59. The number of fused-ring (bicyclic) bond motifs is 1. The van der Waals surface area contributed by atoms with Gasteiger partial charge < -0.3 is 4.98 Å². The van der Waals surface area contributed by atoms with Gasteiger partial charge in [-0.2, -0.15) is 0 Å². The maximum atomic E-state index is 4.18. The molecule has 2 heteroatoms. The van der Waals surface area contributed by atoms with Gasteiger partial charge in [-0.25, -0.2) is 0 Å². The molecule has 2 nitrogen and oxygen atoms in total.